The molecule has 2 aliphatic rings. The molecule has 2 bridgehead atoms. The molecule has 9 heteroatoms. The first-order valence-electron chi connectivity index (χ1n) is 10.2. The Morgan fingerprint density at radius 2 is 1.67 bits per heavy atom. The SMILES string of the molecule is CCC(=O)OCC(C(=O)OC1CC2CCC(C1)[N+]2(C)C)c1ccccc1.O=[N+]([O-])[O-]. The second-order valence-corrected chi connectivity index (χ2v) is 8.27. The zero-order valence-corrected chi connectivity index (χ0v) is 17.7. The summed E-state index contributed by atoms with van der Waals surface area (Å²) in [5, 5.41) is 14.8. The third-order valence-corrected chi connectivity index (χ3v) is 6.25. The summed E-state index contributed by atoms with van der Waals surface area (Å²) in [5.74, 6) is -1.14. The van der Waals surface area contributed by atoms with Crippen LogP contribution in [-0.4, -0.2) is 60.4 Å². The Kier molecular flexibility index (Phi) is 8.16. The molecule has 0 aliphatic carbocycles. The Morgan fingerprint density at radius 1 is 1.13 bits per heavy atom. The highest BCUT2D eigenvalue weighted by Crippen LogP contribution is 2.40. The molecule has 0 aromatic heterocycles. The van der Waals surface area contributed by atoms with Gasteiger partial charge in [0, 0.05) is 32.1 Å². The van der Waals surface area contributed by atoms with Crippen molar-refractivity contribution >= 4 is 11.9 Å². The van der Waals surface area contributed by atoms with Gasteiger partial charge in [0.1, 0.15) is 18.6 Å². The molecule has 0 spiro atoms. The van der Waals surface area contributed by atoms with E-state index in [-0.39, 0.29) is 24.6 Å². The first-order chi connectivity index (χ1) is 14.1. The molecule has 3 rings (SSSR count). The molecule has 0 N–H and O–H groups in total. The van der Waals surface area contributed by atoms with Crippen LogP contribution < -0.4 is 0 Å². The number of esters is 2. The molecule has 30 heavy (non-hydrogen) atoms. The van der Waals surface area contributed by atoms with Gasteiger partial charge in [0.2, 0.25) is 0 Å². The maximum absolute atomic E-state index is 12.9. The van der Waals surface area contributed by atoms with Crippen molar-refractivity contribution in [3.63, 3.8) is 0 Å². The minimum absolute atomic E-state index is 0.0285. The van der Waals surface area contributed by atoms with E-state index in [9.17, 15) is 9.59 Å². The molecule has 9 nitrogen and oxygen atoms in total. The lowest BCUT2D eigenvalue weighted by Gasteiger charge is -2.44. The van der Waals surface area contributed by atoms with Crippen molar-refractivity contribution in [3.05, 3.63) is 51.2 Å². The number of ether oxygens (including phenoxy) is 2. The summed E-state index contributed by atoms with van der Waals surface area (Å²) >= 11 is 0. The second-order valence-electron chi connectivity index (χ2n) is 8.27. The molecule has 166 valence electrons. The van der Waals surface area contributed by atoms with Gasteiger partial charge in [-0.2, -0.15) is 0 Å². The highest BCUT2D eigenvalue weighted by Gasteiger charge is 2.50. The Bertz CT molecular complexity index is 718. The van der Waals surface area contributed by atoms with Crippen LogP contribution in [0.1, 0.15) is 50.5 Å². The van der Waals surface area contributed by atoms with Gasteiger partial charge in [-0.1, -0.05) is 37.3 Å². The molecule has 0 amide bonds. The van der Waals surface area contributed by atoms with Gasteiger partial charge in [0.15, 0.2) is 0 Å². The van der Waals surface area contributed by atoms with E-state index in [4.69, 9.17) is 24.8 Å². The van der Waals surface area contributed by atoms with Gasteiger partial charge in [-0.25, -0.2) is 0 Å². The lowest BCUT2D eigenvalue weighted by atomic mass is 9.96. The minimum atomic E-state index is -1.75. The molecule has 2 saturated heterocycles. The fraction of sp³-hybridized carbons (Fsp3) is 0.619. The van der Waals surface area contributed by atoms with Crippen LogP contribution in [0.2, 0.25) is 0 Å². The molecule has 2 heterocycles. The number of nitrogens with zero attached hydrogens (tertiary/aromatic N) is 2. The number of hydrogen-bond donors (Lipinski definition) is 0. The van der Waals surface area contributed by atoms with Crippen LogP contribution in [0.4, 0.5) is 0 Å². The van der Waals surface area contributed by atoms with Gasteiger partial charge in [-0.05, 0) is 5.56 Å². The maximum atomic E-state index is 12.9. The summed E-state index contributed by atoms with van der Waals surface area (Å²) in [7, 11) is 4.58. The number of benzene rings is 1. The molecule has 3 unspecified atom stereocenters. The number of carbonyl (C=O) groups excluding carboxylic acids is 2. The van der Waals surface area contributed by atoms with E-state index in [1.54, 1.807) is 6.92 Å². The fourth-order valence-corrected chi connectivity index (χ4v) is 4.44. The lowest BCUT2D eigenvalue weighted by molar-refractivity contribution is -0.931. The third-order valence-electron chi connectivity index (χ3n) is 6.25. The first-order valence-corrected chi connectivity index (χ1v) is 10.2. The van der Waals surface area contributed by atoms with Crippen LogP contribution in [0, 0.1) is 15.3 Å². The van der Waals surface area contributed by atoms with Crippen LogP contribution in [0.3, 0.4) is 0 Å². The van der Waals surface area contributed by atoms with Gasteiger partial charge in [0.05, 0.1) is 31.3 Å². The highest BCUT2D eigenvalue weighted by atomic mass is 16.9. The van der Waals surface area contributed by atoms with Gasteiger partial charge in [-0.15, -0.1) is 0 Å². The Morgan fingerprint density at radius 3 is 2.17 bits per heavy atom. The van der Waals surface area contributed by atoms with E-state index in [1.807, 2.05) is 30.3 Å². The monoisotopic (exact) mass is 422 g/mol. The summed E-state index contributed by atoms with van der Waals surface area (Å²) < 4.78 is 12.2. The Hall–Kier alpha value is -2.68. The summed E-state index contributed by atoms with van der Waals surface area (Å²) in [5.41, 5.74) is 0.830. The number of carbonyl (C=O) groups is 2. The van der Waals surface area contributed by atoms with Crippen LogP contribution >= 0.6 is 0 Å². The number of rotatable bonds is 6. The summed E-state index contributed by atoms with van der Waals surface area (Å²) in [6, 6.07) is 10.6. The molecule has 3 atom stereocenters. The minimum Gasteiger partial charge on any atom is -0.464 e. The van der Waals surface area contributed by atoms with E-state index in [0.29, 0.717) is 18.5 Å². The van der Waals surface area contributed by atoms with Gasteiger partial charge >= 0.3 is 11.9 Å². The zero-order chi connectivity index (χ0) is 22.3. The topological polar surface area (TPSA) is 119 Å². The van der Waals surface area contributed by atoms with Crippen molar-refractivity contribution < 1.29 is 28.6 Å². The smallest absolute Gasteiger partial charge is 0.317 e. The molecule has 2 fully saturated rings. The number of quaternary nitrogens is 1. The number of piperidine rings is 1. The number of fused-ring (bicyclic) bond motifs is 2. The van der Waals surface area contributed by atoms with Crippen LogP contribution in [-0.2, 0) is 19.1 Å². The molecule has 2 aliphatic heterocycles. The van der Waals surface area contributed by atoms with E-state index in [2.05, 4.69) is 14.1 Å². The summed E-state index contributed by atoms with van der Waals surface area (Å²) in [6.45, 7) is 1.78. The summed E-state index contributed by atoms with van der Waals surface area (Å²) in [4.78, 5) is 32.7. The second kappa shape index (κ2) is 10.4. The molecule has 0 saturated carbocycles. The predicted molar refractivity (Wildman–Crippen MR) is 109 cm³/mol. The normalized spacial score (nSPS) is 24.7. The van der Waals surface area contributed by atoms with Crippen LogP contribution in [0.25, 0.3) is 0 Å². The van der Waals surface area contributed by atoms with Crippen molar-refractivity contribution in [2.45, 2.75) is 63.1 Å². The van der Waals surface area contributed by atoms with Crippen LogP contribution in [0.15, 0.2) is 30.3 Å². The Balaban J connectivity index is 0.000000735. The van der Waals surface area contributed by atoms with Gasteiger partial charge < -0.3 is 29.3 Å². The average Bonchev–Trinajstić information content (AvgIpc) is 2.85. The van der Waals surface area contributed by atoms with Crippen molar-refractivity contribution in [1.29, 1.82) is 0 Å². The first kappa shape index (κ1) is 23.6. The fourth-order valence-electron chi connectivity index (χ4n) is 4.44. The molecular formula is C21H30N2O7. The van der Waals surface area contributed by atoms with E-state index < -0.39 is 11.0 Å². The van der Waals surface area contributed by atoms with Crippen molar-refractivity contribution in [2.75, 3.05) is 20.7 Å². The molecular weight excluding hydrogens is 392 g/mol. The summed E-state index contributed by atoms with van der Waals surface area (Å²) in [6.07, 6.45) is 4.54. The molecule has 0 radical (unpaired) electrons. The van der Waals surface area contributed by atoms with E-state index in [0.717, 1.165) is 22.9 Å². The van der Waals surface area contributed by atoms with Crippen LogP contribution in [0.5, 0.6) is 0 Å². The molecule has 1 aromatic carbocycles. The quantitative estimate of drug-likeness (QED) is 0.299. The number of hydrogen-bond acceptors (Lipinski definition) is 7. The van der Waals surface area contributed by atoms with Gasteiger partial charge in [-0.3, -0.25) is 9.59 Å². The van der Waals surface area contributed by atoms with Crippen molar-refractivity contribution in [1.82, 2.24) is 0 Å². The Labute approximate surface area is 176 Å². The predicted octanol–water partition coefficient (Wildman–Crippen LogP) is 2.80. The zero-order valence-electron chi connectivity index (χ0n) is 17.7. The maximum Gasteiger partial charge on any atom is 0.317 e. The van der Waals surface area contributed by atoms with Crippen molar-refractivity contribution in [3.8, 4) is 0 Å². The molecule has 1 aromatic rings. The van der Waals surface area contributed by atoms with E-state index >= 15 is 0 Å². The standard InChI is InChI=1S/C21H30NO4.NO3/c1-4-20(23)25-14-19(15-8-6-5-7-9-15)21(24)26-18-12-16-10-11-17(13-18)22(16,2)3;2-1(3)4/h5-9,16-19H,4,10-14H2,1-3H3;/q+1;-1. The van der Waals surface area contributed by atoms with Gasteiger partial charge in [0.25, 0.3) is 0 Å². The average molecular weight is 422 g/mol. The third kappa shape index (κ3) is 6.16. The highest BCUT2D eigenvalue weighted by molar-refractivity contribution is 5.79. The van der Waals surface area contributed by atoms with Crippen molar-refractivity contribution in [2.24, 2.45) is 0 Å². The largest absolute Gasteiger partial charge is 0.464 e. The lowest BCUT2D eigenvalue weighted by Crippen LogP contribution is -2.56. The van der Waals surface area contributed by atoms with E-state index in [1.165, 1.54) is 12.8 Å².